The minimum Gasteiger partial charge on any atom is -0.333 e. The molecule has 83 valence electrons. The van der Waals surface area contributed by atoms with Gasteiger partial charge in [0.2, 0.25) is 0 Å². The SMILES string of the molecule is Cc1ccc(-c2cc[c]cc2)c(C)c1.OS. The van der Waals surface area contributed by atoms with Gasteiger partial charge in [-0.05, 0) is 49.5 Å². The summed E-state index contributed by atoms with van der Waals surface area (Å²) in [5.41, 5.74) is 5.22. The van der Waals surface area contributed by atoms with Crippen LogP contribution in [0.2, 0.25) is 0 Å². The van der Waals surface area contributed by atoms with Crippen LogP contribution in [0.3, 0.4) is 0 Å². The lowest BCUT2D eigenvalue weighted by Crippen LogP contribution is -1.83. The zero-order valence-corrected chi connectivity index (χ0v) is 10.3. The van der Waals surface area contributed by atoms with Crippen LogP contribution in [0.4, 0.5) is 0 Å². The molecule has 0 unspecified atom stereocenters. The quantitative estimate of drug-likeness (QED) is 0.558. The molecule has 2 rings (SSSR count). The first-order chi connectivity index (χ1) is 7.77. The highest BCUT2D eigenvalue weighted by Crippen LogP contribution is 2.23. The summed E-state index contributed by atoms with van der Waals surface area (Å²) >= 11 is 2.53. The molecule has 0 fully saturated rings. The molecule has 0 atom stereocenters. The third kappa shape index (κ3) is 3.12. The molecule has 16 heavy (non-hydrogen) atoms. The molecule has 0 saturated heterocycles. The smallest absolute Gasteiger partial charge is 0.0155 e. The van der Waals surface area contributed by atoms with Crippen LogP contribution in [0.25, 0.3) is 11.1 Å². The molecule has 0 saturated carbocycles. The van der Waals surface area contributed by atoms with Crippen LogP contribution in [-0.2, 0) is 0 Å². The van der Waals surface area contributed by atoms with Gasteiger partial charge in [-0.15, -0.1) is 0 Å². The fourth-order valence-electron chi connectivity index (χ4n) is 1.70. The van der Waals surface area contributed by atoms with Crippen molar-refractivity contribution >= 4 is 12.9 Å². The first-order valence-corrected chi connectivity index (χ1v) is 5.41. The molecule has 2 heteroatoms. The van der Waals surface area contributed by atoms with Crippen LogP contribution in [0.15, 0.2) is 42.5 Å². The Bertz CT molecular complexity index is 438. The van der Waals surface area contributed by atoms with Gasteiger partial charge in [-0.25, -0.2) is 0 Å². The van der Waals surface area contributed by atoms with Gasteiger partial charge in [-0.1, -0.05) is 48.0 Å². The zero-order chi connectivity index (χ0) is 12.0. The summed E-state index contributed by atoms with van der Waals surface area (Å²) in [5, 5.41) is 0. The van der Waals surface area contributed by atoms with Crippen LogP contribution in [0.1, 0.15) is 11.1 Å². The fourth-order valence-corrected chi connectivity index (χ4v) is 1.70. The topological polar surface area (TPSA) is 20.2 Å². The lowest BCUT2D eigenvalue weighted by atomic mass is 9.99. The summed E-state index contributed by atoms with van der Waals surface area (Å²) in [6.07, 6.45) is 0. The Kier molecular flexibility index (Phi) is 5.09. The fraction of sp³-hybridized carbons (Fsp3) is 0.143. The molecule has 1 radical (unpaired) electrons. The van der Waals surface area contributed by atoms with Gasteiger partial charge in [0.1, 0.15) is 0 Å². The predicted octanol–water partition coefficient (Wildman–Crippen LogP) is 4.16. The van der Waals surface area contributed by atoms with Crippen molar-refractivity contribution in [3.63, 3.8) is 0 Å². The maximum absolute atomic E-state index is 6.69. The minimum atomic E-state index is 1.27. The van der Waals surface area contributed by atoms with E-state index in [1.165, 1.54) is 22.3 Å². The van der Waals surface area contributed by atoms with Gasteiger partial charge in [0.15, 0.2) is 0 Å². The number of aryl methyl sites for hydroxylation is 2. The molecule has 1 N–H and O–H groups in total. The highest BCUT2D eigenvalue weighted by Gasteiger charge is 1.99. The van der Waals surface area contributed by atoms with Crippen molar-refractivity contribution in [2.24, 2.45) is 0 Å². The lowest BCUT2D eigenvalue weighted by molar-refractivity contribution is 0.679. The maximum Gasteiger partial charge on any atom is -0.0155 e. The van der Waals surface area contributed by atoms with Crippen LogP contribution < -0.4 is 0 Å². The normalized spacial score (nSPS) is 9.25. The van der Waals surface area contributed by atoms with Crippen molar-refractivity contribution in [1.29, 1.82) is 0 Å². The molecular weight excluding hydrogens is 216 g/mol. The highest BCUT2D eigenvalue weighted by atomic mass is 32.1. The Morgan fingerprint density at radius 2 is 1.62 bits per heavy atom. The third-order valence-corrected chi connectivity index (χ3v) is 2.41. The zero-order valence-electron chi connectivity index (χ0n) is 9.44. The second-order valence-electron chi connectivity index (χ2n) is 3.61. The molecule has 0 aliphatic carbocycles. The Hall–Kier alpha value is -1.25. The van der Waals surface area contributed by atoms with Gasteiger partial charge < -0.3 is 4.55 Å². The van der Waals surface area contributed by atoms with E-state index in [9.17, 15) is 0 Å². The second-order valence-corrected chi connectivity index (χ2v) is 3.61. The molecule has 0 spiro atoms. The molecule has 2 aromatic rings. The van der Waals surface area contributed by atoms with E-state index < -0.39 is 0 Å². The summed E-state index contributed by atoms with van der Waals surface area (Å²) in [6, 6.07) is 17.7. The lowest BCUT2D eigenvalue weighted by Gasteiger charge is -2.06. The molecule has 0 aromatic heterocycles. The van der Waals surface area contributed by atoms with Crippen molar-refractivity contribution in [3.8, 4) is 11.1 Å². The van der Waals surface area contributed by atoms with Gasteiger partial charge in [-0.3, -0.25) is 0 Å². The highest BCUT2D eigenvalue weighted by molar-refractivity contribution is 7.74. The van der Waals surface area contributed by atoms with E-state index in [1.54, 1.807) is 0 Å². The van der Waals surface area contributed by atoms with Gasteiger partial charge in [0.05, 0.1) is 0 Å². The number of benzene rings is 2. The second kappa shape index (κ2) is 6.36. The van der Waals surface area contributed by atoms with Gasteiger partial charge in [0, 0.05) is 0 Å². The van der Waals surface area contributed by atoms with Crippen LogP contribution in [0.5, 0.6) is 0 Å². The van der Waals surface area contributed by atoms with Crippen molar-refractivity contribution in [3.05, 3.63) is 59.7 Å². The molecule has 0 aliphatic rings. The molecular formula is C14H15OS. The van der Waals surface area contributed by atoms with Crippen molar-refractivity contribution in [2.45, 2.75) is 13.8 Å². The monoisotopic (exact) mass is 231 g/mol. The standard InChI is InChI=1S/C14H13.H2OS/c1-11-8-9-14(12(2)10-11)13-6-4-3-5-7-13;1-2/h4-10H,1-2H3;1-2H. The Labute approximate surface area is 102 Å². The van der Waals surface area contributed by atoms with E-state index in [1.807, 2.05) is 12.1 Å². The van der Waals surface area contributed by atoms with Gasteiger partial charge in [0.25, 0.3) is 0 Å². The first kappa shape index (κ1) is 12.8. The maximum atomic E-state index is 6.69. The van der Waals surface area contributed by atoms with E-state index in [0.29, 0.717) is 0 Å². The molecule has 0 amide bonds. The van der Waals surface area contributed by atoms with Crippen LogP contribution in [0, 0.1) is 19.9 Å². The summed E-state index contributed by atoms with van der Waals surface area (Å²) in [4.78, 5) is 0. The van der Waals surface area contributed by atoms with Crippen molar-refractivity contribution < 1.29 is 4.55 Å². The van der Waals surface area contributed by atoms with E-state index >= 15 is 0 Å². The van der Waals surface area contributed by atoms with Crippen LogP contribution in [-0.4, -0.2) is 4.55 Å². The molecule has 2 aromatic carbocycles. The predicted molar refractivity (Wildman–Crippen MR) is 71.8 cm³/mol. The Morgan fingerprint density at radius 3 is 2.19 bits per heavy atom. The van der Waals surface area contributed by atoms with Gasteiger partial charge >= 0.3 is 0 Å². The third-order valence-electron chi connectivity index (χ3n) is 2.41. The summed E-state index contributed by atoms with van der Waals surface area (Å²) < 4.78 is 6.69. The summed E-state index contributed by atoms with van der Waals surface area (Å²) in [7, 11) is 0. The minimum absolute atomic E-state index is 1.27. The first-order valence-electron chi connectivity index (χ1n) is 5.01. The number of thiol groups is 1. The van der Waals surface area contributed by atoms with Crippen LogP contribution >= 0.6 is 12.9 Å². The molecule has 0 aliphatic heterocycles. The molecule has 0 bridgehead atoms. The average molecular weight is 231 g/mol. The van der Waals surface area contributed by atoms with Gasteiger partial charge in [-0.2, -0.15) is 0 Å². The Morgan fingerprint density at radius 1 is 1.00 bits per heavy atom. The van der Waals surface area contributed by atoms with E-state index in [-0.39, 0.29) is 0 Å². The van der Waals surface area contributed by atoms with E-state index in [4.69, 9.17) is 4.55 Å². The van der Waals surface area contributed by atoms with Crippen molar-refractivity contribution in [2.75, 3.05) is 0 Å². The largest absolute Gasteiger partial charge is 0.333 e. The van der Waals surface area contributed by atoms with Crippen molar-refractivity contribution in [1.82, 2.24) is 0 Å². The number of hydrogen-bond donors (Lipinski definition) is 2. The number of hydrogen-bond acceptors (Lipinski definition) is 2. The van der Waals surface area contributed by atoms with E-state index in [2.05, 4.69) is 63.2 Å². The summed E-state index contributed by atoms with van der Waals surface area (Å²) in [6.45, 7) is 4.27. The summed E-state index contributed by atoms with van der Waals surface area (Å²) in [5.74, 6) is 0. The van der Waals surface area contributed by atoms with E-state index in [0.717, 1.165) is 0 Å². The molecule has 0 heterocycles. The average Bonchev–Trinajstić information content (AvgIpc) is 2.33. The Balaban J connectivity index is 0.000000606. The molecule has 1 nitrogen and oxygen atoms in total. The number of rotatable bonds is 1.